The summed E-state index contributed by atoms with van der Waals surface area (Å²) in [7, 11) is 1.52. The Kier molecular flexibility index (Phi) is 6.38. The van der Waals surface area contributed by atoms with Crippen molar-refractivity contribution in [3.05, 3.63) is 88.6 Å². The Morgan fingerprint density at radius 3 is 2.33 bits per heavy atom. The van der Waals surface area contributed by atoms with Crippen LogP contribution >= 0.6 is 11.6 Å². The zero-order valence-electron chi connectivity index (χ0n) is 18.5. The van der Waals surface area contributed by atoms with Gasteiger partial charge in [0.2, 0.25) is 0 Å². The lowest BCUT2D eigenvalue weighted by atomic mass is 10.0. The topological polar surface area (TPSA) is 67.9 Å². The normalized spacial score (nSPS) is 13.5. The fraction of sp³-hybridized carbons (Fsp3) is 0.154. The average molecular weight is 463 g/mol. The number of hydrogen-bond acceptors (Lipinski definition) is 5. The molecule has 1 N–H and O–H groups in total. The van der Waals surface area contributed by atoms with Gasteiger partial charge in [0, 0.05) is 16.3 Å². The number of methoxy groups -OCH3 is 1. The Labute approximate surface area is 197 Å². The van der Waals surface area contributed by atoms with Gasteiger partial charge in [-0.25, -0.2) is 4.90 Å². The van der Waals surface area contributed by atoms with Crippen molar-refractivity contribution in [2.24, 2.45) is 0 Å². The summed E-state index contributed by atoms with van der Waals surface area (Å²) in [5.74, 6) is -0.0438. The van der Waals surface area contributed by atoms with Gasteiger partial charge in [-0.1, -0.05) is 48.0 Å². The van der Waals surface area contributed by atoms with Crippen LogP contribution in [0.15, 0.2) is 72.4 Å². The lowest BCUT2D eigenvalue weighted by Gasteiger charge is -2.19. The number of nitrogens with zero attached hydrogens (tertiary/aromatic N) is 1. The van der Waals surface area contributed by atoms with E-state index >= 15 is 0 Å². The van der Waals surface area contributed by atoms with Gasteiger partial charge in [-0.3, -0.25) is 9.59 Å². The number of amides is 2. The molecule has 0 unspecified atom stereocenters. The standard InChI is InChI=1S/C26H23ClN2O4/c1-4-33-22-12-8-6-10-20(22)29-25(30)23(18-9-5-7-11-21(18)32-3)24(26(29)31)28-17-14-13-16(2)19(27)15-17/h5-15,28H,4H2,1-3H3. The van der Waals surface area contributed by atoms with Crippen LogP contribution in [0.5, 0.6) is 11.5 Å². The van der Waals surface area contributed by atoms with Crippen LogP contribution in [0.4, 0.5) is 11.4 Å². The molecule has 0 aromatic heterocycles. The fourth-order valence-corrected chi connectivity index (χ4v) is 3.88. The first-order valence-electron chi connectivity index (χ1n) is 10.5. The van der Waals surface area contributed by atoms with Crippen LogP contribution in [0.2, 0.25) is 5.02 Å². The molecule has 3 aromatic carbocycles. The predicted molar refractivity (Wildman–Crippen MR) is 130 cm³/mol. The first-order chi connectivity index (χ1) is 16.0. The van der Waals surface area contributed by atoms with Gasteiger partial charge >= 0.3 is 0 Å². The number of halogens is 1. The van der Waals surface area contributed by atoms with E-state index in [2.05, 4.69) is 5.32 Å². The molecular weight excluding hydrogens is 440 g/mol. The number of ether oxygens (including phenoxy) is 2. The maximum absolute atomic E-state index is 13.7. The van der Waals surface area contributed by atoms with Crippen LogP contribution in [0.25, 0.3) is 5.57 Å². The van der Waals surface area contributed by atoms with Crippen molar-refractivity contribution in [1.82, 2.24) is 0 Å². The monoisotopic (exact) mass is 462 g/mol. The molecule has 2 amide bonds. The third-order valence-corrected chi connectivity index (χ3v) is 5.71. The van der Waals surface area contributed by atoms with Gasteiger partial charge in [-0.2, -0.15) is 0 Å². The van der Waals surface area contributed by atoms with Crippen LogP contribution in [0.3, 0.4) is 0 Å². The van der Waals surface area contributed by atoms with Gasteiger partial charge in [-0.15, -0.1) is 0 Å². The molecule has 1 heterocycles. The summed E-state index contributed by atoms with van der Waals surface area (Å²) >= 11 is 6.29. The van der Waals surface area contributed by atoms with Crippen LogP contribution in [-0.2, 0) is 9.59 Å². The van der Waals surface area contributed by atoms with Gasteiger partial charge in [0.1, 0.15) is 17.2 Å². The van der Waals surface area contributed by atoms with E-state index in [4.69, 9.17) is 21.1 Å². The SMILES string of the molecule is CCOc1ccccc1N1C(=O)C(Nc2ccc(C)c(Cl)c2)=C(c2ccccc2OC)C1=O. The molecule has 0 saturated carbocycles. The Balaban J connectivity index is 1.87. The summed E-state index contributed by atoms with van der Waals surface area (Å²) in [5, 5.41) is 3.68. The summed E-state index contributed by atoms with van der Waals surface area (Å²) < 4.78 is 11.2. The van der Waals surface area contributed by atoms with Gasteiger partial charge in [0.15, 0.2) is 0 Å². The molecule has 33 heavy (non-hydrogen) atoms. The number of carbonyl (C=O) groups excluding carboxylic acids is 2. The van der Waals surface area contributed by atoms with E-state index in [-0.39, 0.29) is 11.3 Å². The maximum atomic E-state index is 13.7. The molecule has 0 radical (unpaired) electrons. The highest BCUT2D eigenvalue weighted by molar-refractivity contribution is 6.46. The maximum Gasteiger partial charge on any atom is 0.282 e. The molecule has 0 fully saturated rings. The van der Waals surface area contributed by atoms with Crippen LogP contribution in [-0.4, -0.2) is 25.5 Å². The average Bonchev–Trinajstić information content (AvgIpc) is 3.06. The van der Waals surface area contributed by atoms with E-state index in [0.717, 1.165) is 10.5 Å². The third-order valence-electron chi connectivity index (χ3n) is 5.31. The molecule has 1 aliphatic heterocycles. The Morgan fingerprint density at radius 2 is 1.64 bits per heavy atom. The summed E-state index contributed by atoms with van der Waals surface area (Å²) in [6, 6.07) is 19.4. The highest BCUT2D eigenvalue weighted by atomic mass is 35.5. The van der Waals surface area contributed by atoms with Gasteiger partial charge in [0.05, 0.1) is 25.0 Å². The lowest BCUT2D eigenvalue weighted by molar-refractivity contribution is -0.120. The van der Waals surface area contributed by atoms with E-state index in [9.17, 15) is 9.59 Å². The highest BCUT2D eigenvalue weighted by Crippen LogP contribution is 2.40. The van der Waals surface area contributed by atoms with Crippen LogP contribution in [0.1, 0.15) is 18.1 Å². The van der Waals surface area contributed by atoms with Crippen LogP contribution in [0, 0.1) is 6.92 Å². The predicted octanol–water partition coefficient (Wildman–Crippen LogP) is 5.45. The number of hydrogen-bond donors (Lipinski definition) is 1. The third kappa shape index (κ3) is 4.17. The van der Waals surface area contributed by atoms with Crippen molar-refractivity contribution in [2.45, 2.75) is 13.8 Å². The first-order valence-corrected chi connectivity index (χ1v) is 10.9. The quantitative estimate of drug-likeness (QED) is 0.473. The number of benzene rings is 3. The number of aryl methyl sites for hydroxylation is 1. The second-order valence-electron chi connectivity index (χ2n) is 7.39. The molecule has 6 nitrogen and oxygen atoms in total. The van der Waals surface area contributed by atoms with E-state index in [0.29, 0.717) is 40.1 Å². The van der Waals surface area contributed by atoms with Crippen molar-refractivity contribution in [3.8, 4) is 11.5 Å². The van der Waals surface area contributed by atoms with Gasteiger partial charge in [0.25, 0.3) is 11.8 Å². The number of nitrogens with one attached hydrogen (secondary N) is 1. The molecule has 0 aliphatic carbocycles. The lowest BCUT2D eigenvalue weighted by Crippen LogP contribution is -2.32. The molecule has 7 heteroatoms. The van der Waals surface area contributed by atoms with Gasteiger partial charge < -0.3 is 14.8 Å². The molecule has 4 rings (SSSR count). The number of imide groups is 1. The largest absolute Gasteiger partial charge is 0.496 e. The minimum atomic E-state index is -0.496. The number of carbonyl (C=O) groups is 2. The summed E-state index contributed by atoms with van der Waals surface area (Å²) in [6.45, 7) is 4.13. The molecular formula is C26H23ClN2O4. The Bertz CT molecular complexity index is 1270. The Morgan fingerprint density at radius 1 is 0.939 bits per heavy atom. The van der Waals surface area contributed by atoms with Crippen LogP contribution < -0.4 is 19.7 Å². The molecule has 3 aromatic rings. The molecule has 0 bridgehead atoms. The van der Waals surface area contributed by atoms with E-state index in [1.807, 2.05) is 26.0 Å². The molecule has 0 atom stereocenters. The van der Waals surface area contributed by atoms with Crippen molar-refractivity contribution >= 4 is 40.4 Å². The highest BCUT2D eigenvalue weighted by Gasteiger charge is 2.42. The van der Waals surface area contributed by atoms with Gasteiger partial charge in [-0.05, 0) is 49.7 Å². The van der Waals surface area contributed by atoms with Crippen molar-refractivity contribution < 1.29 is 19.1 Å². The number of anilines is 2. The smallest absolute Gasteiger partial charge is 0.282 e. The summed E-state index contributed by atoms with van der Waals surface area (Å²) in [4.78, 5) is 28.5. The molecule has 0 spiro atoms. The zero-order chi connectivity index (χ0) is 23.5. The molecule has 0 saturated heterocycles. The Hall–Kier alpha value is -3.77. The van der Waals surface area contributed by atoms with E-state index in [1.165, 1.54) is 7.11 Å². The molecule has 168 valence electrons. The fourth-order valence-electron chi connectivity index (χ4n) is 3.70. The first kappa shape index (κ1) is 22.4. The van der Waals surface area contributed by atoms with Crippen molar-refractivity contribution in [2.75, 3.05) is 23.9 Å². The van der Waals surface area contributed by atoms with Crippen molar-refractivity contribution in [3.63, 3.8) is 0 Å². The second kappa shape index (κ2) is 9.38. The second-order valence-corrected chi connectivity index (χ2v) is 7.79. The van der Waals surface area contributed by atoms with Crippen molar-refractivity contribution in [1.29, 1.82) is 0 Å². The minimum Gasteiger partial charge on any atom is -0.496 e. The number of rotatable bonds is 7. The molecule has 1 aliphatic rings. The summed E-state index contributed by atoms with van der Waals surface area (Å²) in [5.41, 5.74) is 2.73. The number of para-hydroxylation sites is 3. The minimum absolute atomic E-state index is 0.135. The zero-order valence-corrected chi connectivity index (χ0v) is 19.3. The van der Waals surface area contributed by atoms with E-state index in [1.54, 1.807) is 54.6 Å². The van der Waals surface area contributed by atoms with E-state index < -0.39 is 11.8 Å². The summed E-state index contributed by atoms with van der Waals surface area (Å²) in [6.07, 6.45) is 0.